The molecule has 0 aliphatic rings. The molecule has 4 aromatic carbocycles. The van der Waals surface area contributed by atoms with Crippen LogP contribution in [-0.2, 0) is 12.6 Å². The lowest BCUT2D eigenvalue weighted by atomic mass is 9.84. The van der Waals surface area contributed by atoms with Crippen molar-refractivity contribution in [2.24, 2.45) is 0 Å². The van der Waals surface area contributed by atoms with Crippen LogP contribution >= 0.6 is 0 Å². The zero-order valence-electron chi connectivity index (χ0n) is 21.0. The SMILES string of the molecule is CNC(=O)c1nc2ccc(C(c3ccccc3)c3ccc(F)cc3)cc2c(C(F)(F)F)c1Cc1ccccc1. The summed E-state index contributed by atoms with van der Waals surface area (Å²) in [6.07, 6.45) is -4.88. The maximum absolute atomic E-state index is 14.9. The van der Waals surface area contributed by atoms with Crippen molar-refractivity contribution < 1.29 is 22.4 Å². The number of fused-ring (bicyclic) bond motifs is 1. The summed E-state index contributed by atoms with van der Waals surface area (Å²) < 4.78 is 58.3. The van der Waals surface area contributed by atoms with Crippen LogP contribution in [0.15, 0.2) is 103 Å². The largest absolute Gasteiger partial charge is 0.417 e. The smallest absolute Gasteiger partial charge is 0.354 e. The number of alkyl halides is 3. The molecule has 0 fully saturated rings. The molecule has 7 heteroatoms. The number of nitrogens with zero attached hydrogens (tertiary/aromatic N) is 1. The predicted molar refractivity (Wildman–Crippen MR) is 143 cm³/mol. The van der Waals surface area contributed by atoms with Crippen LogP contribution in [0, 0.1) is 5.82 Å². The number of hydrogen-bond donors (Lipinski definition) is 1. The number of rotatable bonds is 6. The number of nitrogens with one attached hydrogen (secondary N) is 1. The number of benzene rings is 4. The van der Waals surface area contributed by atoms with Gasteiger partial charge in [-0.3, -0.25) is 4.79 Å². The molecule has 1 N–H and O–H groups in total. The van der Waals surface area contributed by atoms with Crippen molar-refractivity contribution >= 4 is 16.8 Å². The van der Waals surface area contributed by atoms with E-state index in [-0.39, 0.29) is 28.6 Å². The first-order chi connectivity index (χ1) is 18.8. The Bertz CT molecular complexity index is 1620. The molecule has 196 valence electrons. The molecule has 0 saturated heterocycles. The first-order valence-corrected chi connectivity index (χ1v) is 12.4. The second-order valence-corrected chi connectivity index (χ2v) is 9.23. The Morgan fingerprint density at radius 3 is 2.03 bits per heavy atom. The van der Waals surface area contributed by atoms with Gasteiger partial charge in [-0.1, -0.05) is 78.9 Å². The molecule has 1 aromatic heterocycles. The average Bonchev–Trinajstić information content (AvgIpc) is 2.94. The highest BCUT2D eigenvalue weighted by Crippen LogP contribution is 2.41. The summed E-state index contributed by atoms with van der Waals surface area (Å²) in [5, 5.41) is 2.33. The number of aromatic nitrogens is 1. The number of hydrogen-bond acceptors (Lipinski definition) is 2. The van der Waals surface area contributed by atoms with Gasteiger partial charge >= 0.3 is 6.18 Å². The first-order valence-electron chi connectivity index (χ1n) is 12.4. The van der Waals surface area contributed by atoms with E-state index >= 15 is 0 Å². The average molecular weight is 529 g/mol. The molecular weight excluding hydrogens is 504 g/mol. The van der Waals surface area contributed by atoms with Crippen LogP contribution in [0.4, 0.5) is 17.6 Å². The number of carbonyl (C=O) groups is 1. The molecule has 0 bridgehead atoms. The van der Waals surface area contributed by atoms with Gasteiger partial charge in [0.1, 0.15) is 11.5 Å². The lowest BCUT2D eigenvalue weighted by Crippen LogP contribution is -2.24. The summed E-state index contributed by atoms with van der Waals surface area (Å²) >= 11 is 0. The number of halogens is 4. The minimum atomic E-state index is -4.76. The molecule has 3 nitrogen and oxygen atoms in total. The third kappa shape index (κ3) is 5.39. The van der Waals surface area contributed by atoms with Crippen molar-refractivity contribution in [1.82, 2.24) is 10.3 Å². The molecular formula is C32H24F4N2O. The monoisotopic (exact) mass is 528 g/mol. The van der Waals surface area contributed by atoms with Gasteiger partial charge in [0.25, 0.3) is 5.91 Å². The third-order valence-electron chi connectivity index (χ3n) is 6.73. The van der Waals surface area contributed by atoms with Gasteiger partial charge in [-0.25, -0.2) is 9.37 Å². The third-order valence-corrected chi connectivity index (χ3v) is 6.73. The van der Waals surface area contributed by atoms with Crippen LogP contribution in [0.5, 0.6) is 0 Å². The maximum atomic E-state index is 14.9. The maximum Gasteiger partial charge on any atom is 0.417 e. The second-order valence-electron chi connectivity index (χ2n) is 9.23. The summed E-state index contributed by atoms with van der Waals surface area (Å²) in [6, 6.07) is 28.7. The molecule has 0 aliphatic heterocycles. The van der Waals surface area contributed by atoms with Crippen LogP contribution in [0.2, 0.25) is 0 Å². The number of pyridine rings is 1. The second kappa shape index (κ2) is 10.7. The molecule has 1 amide bonds. The molecule has 0 saturated carbocycles. The highest BCUT2D eigenvalue weighted by atomic mass is 19.4. The standard InChI is InChI=1S/C32H24F4N2O/c1-37-31(39)30-26(18-20-8-4-2-5-9-20)29(32(34,35)36)25-19-23(14-17-27(25)38-30)28(21-10-6-3-7-11-21)22-12-15-24(33)16-13-22/h2-17,19,28H,18H2,1H3,(H,37,39). The fourth-order valence-corrected chi connectivity index (χ4v) is 4.98. The van der Waals surface area contributed by atoms with E-state index in [2.05, 4.69) is 10.3 Å². The molecule has 1 unspecified atom stereocenters. The molecule has 1 heterocycles. The Labute approximate surface area is 223 Å². The van der Waals surface area contributed by atoms with Gasteiger partial charge < -0.3 is 5.32 Å². The van der Waals surface area contributed by atoms with Crippen LogP contribution < -0.4 is 5.32 Å². The fraction of sp³-hybridized carbons (Fsp3) is 0.125. The van der Waals surface area contributed by atoms with Crippen molar-refractivity contribution in [2.45, 2.75) is 18.5 Å². The first kappa shape index (κ1) is 26.1. The van der Waals surface area contributed by atoms with Gasteiger partial charge in [-0.15, -0.1) is 0 Å². The van der Waals surface area contributed by atoms with Crippen LogP contribution in [0.3, 0.4) is 0 Å². The highest BCUT2D eigenvalue weighted by Gasteiger charge is 2.38. The van der Waals surface area contributed by atoms with E-state index in [0.717, 1.165) is 11.1 Å². The zero-order chi connectivity index (χ0) is 27.6. The van der Waals surface area contributed by atoms with Crippen LogP contribution in [0.1, 0.15) is 49.8 Å². The minimum Gasteiger partial charge on any atom is -0.354 e. The Balaban J connectivity index is 1.79. The van der Waals surface area contributed by atoms with Crippen molar-refractivity contribution in [3.8, 4) is 0 Å². The Kier molecular flexibility index (Phi) is 7.15. The normalized spacial score (nSPS) is 12.3. The molecule has 39 heavy (non-hydrogen) atoms. The molecule has 0 spiro atoms. The molecule has 1 atom stereocenters. The predicted octanol–water partition coefficient (Wildman–Crippen LogP) is 7.52. The summed E-state index contributed by atoms with van der Waals surface area (Å²) in [6.45, 7) is 0. The van der Waals surface area contributed by atoms with E-state index < -0.39 is 29.4 Å². The van der Waals surface area contributed by atoms with E-state index in [0.29, 0.717) is 11.1 Å². The fourth-order valence-electron chi connectivity index (χ4n) is 4.98. The van der Waals surface area contributed by atoms with Gasteiger partial charge in [0, 0.05) is 30.3 Å². The van der Waals surface area contributed by atoms with E-state index in [1.165, 1.54) is 31.3 Å². The minimum absolute atomic E-state index is 0.0624. The van der Waals surface area contributed by atoms with Crippen LogP contribution in [0.25, 0.3) is 10.9 Å². The topological polar surface area (TPSA) is 42.0 Å². The Hall–Kier alpha value is -4.52. The van der Waals surface area contributed by atoms with E-state index in [1.54, 1.807) is 48.5 Å². The van der Waals surface area contributed by atoms with Gasteiger partial charge in [-0.05, 0) is 46.5 Å². The van der Waals surface area contributed by atoms with Crippen LogP contribution in [-0.4, -0.2) is 17.9 Å². The van der Waals surface area contributed by atoms with E-state index in [4.69, 9.17) is 0 Å². The van der Waals surface area contributed by atoms with E-state index in [1.807, 2.05) is 30.3 Å². The van der Waals surface area contributed by atoms with Gasteiger partial charge in [0.15, 0.2) is 0 Å². The van der Waals surface area contributed by atoms with Crippen molar-refractivity contribution in [3.63, 3.8) is 0 Å². The molecule has 0 radical (unpaired) electrons. The van der Waals surface area contributed by atoms with Gasteiger partial charge in [0.05, 0.1) is 11.1 Å². The van der Waals surface area contributed by atoms with Crippen molar-refractivity contribution in [3.05, 3.63) is 148 Å². The highest BCUT2D eigenvalue weighted by molar-refractivity contribution is 5.98. The molecule has 0 aliphatic carbocycles. The van der Waals surface area contributed by atoms with Gasteiger partial charge in [0.2, 0.25) is 0 Å². The Morgan fingerprint density at radius 2 is 1.41 bits per heavy atom. The zero-order valence-corrected chi connectivity index (χ0v) is 21.0. The number of amides is 1. The van der Waals surface area contributed by atoms with Crippen molar-refractivity contribution in [1.29, 1.82) is 0 Å². The quantitative estimate of drug-likeness (QED) is 0.183. The lowest BCUT2D eigenvalue weighted by molar-refractivity contribution is -0.136. The lowest BCUT2D eigenvalue weighted by Gasteiger charge is -2.22. The Morgan fingerprint density at radius 1 is 0.821 bits per heavy atom. The summed E-state index contributed by atoms with van der Waals surface area (Å²) in [7, 11) is 1.37. The van der Waals surface area contributed by atoms with E-state index in [9.17, 15) is 22.4 Å². The molecule has 5 aromatic rings. The molecule has 5 rings (SSSR count). The number of carbonyl (C=O) groups excluding carboxylic acids is 1. The summed E-state index contributed by atoms with van der Waals surface area (Å²) in [5.74, 6) is -1.54. The summed E-state index contributed by atoms with van der Waals surface area (Å²) in [5.41, 5.74) is 1.52. The summed E-state index contributed by atoms with van der Waals surface area (Å²) in [4.78, 5) is 17.2. The van der Waals surface area contributed by atoms with Crippen molar-refractivity contribution in [2.75, 3.05) is 7.05 Å². The van der Waals surface area contributed by atoms with Gasteiger partial charge in [-0.2, -0.15) is 13.2 Å².